The van der Waals surface area contributed by atoms with Crippen molar-refractivity contribution in [3.05, 3.63) is 59.7 Å². The van der Waals surface area contributed by atoms with Gasteiger partial charge in [0.25, 0.3) is 0 Å². The van der Waals surface area contributed by atoms with Gasteiger partial charge in [0, 0.05) is 19.5 Å². The third-order valence-corrected chi connectivity index (χ3v) is 7.61. The van der Waals surface area contributed by atoms with Crippen LogP contribution in [-0.4, -0.2) is 89.5 Å². The van der Waals surface area contributed by atoms with E-state index in [0.717, 1.165) is 0 Å². The van der Waals surface area contributed by atoms with Crippen molar-refractivity contribution in [2.24, 2.45) is 22.2 Å². The maximum absolute atomic E-state index is 13.7. The van der Waals surface area contributed by atoms with Gasteiger partial charge in [-0.3, -0.25) is 29.0 Å². The monoisotopic (exact) mass is 667 g/mol. The molecule has 0 aliphatic carbocycles. The van der Waals surface area contributed by atoms with E-state index in [-0.39, 0.29) is 62.8 Å². The molecule has 1 aliphatic rings. The van der Waals surface area contributed by atoms with Crippen LogP contribution in [0.4, 0.5) is 0 Å². The molecule has 1 saturated heterocycles. The summed E-state index contributed by atoms with van der Waals surface area (Å²) >= 11 is 0. The number of nitrogens with one attached hydrogen (secondary N) is 5. The van der Waals surface area contributed by atoms with Crippen molar-refractivity contribution in [3.8, 4) is 11.5 Å². The number of nitrogens with zero attached hydrogens (tertiary/aromatic N) is 1. The molecule has 2 aromatic carbocycles. The lowest BCUT2D eigenvalue weighted by atomic mass is 10.0. The number of rotatable bonds is 10. The van der Waals surface area contributed by atoms with Crippen molar-refractivity contribution in [1.29, 1.82) is 0 Å². The topological polar surface area (TPSA) is 276 Å². The molecule has 0 bridgehead atoms. The molecule has 16 nitrogen and oxygen atoms in total. The fourth-order valence-electron chi connectivity index (χ4n) is 4.97. The first-order valence-corrected chi connectivity index (χ1v) is 15.7. The molecule has 5 amide bonds. The first kappa shape index (κ1) is 37.1. The van der Waals surface area contributed by atoms with Gasteiger partial charge in [-0.1, -0.05) is 24.3 Å². The normalized spacial score (nSPS) is 20.3. The number of benzene rings is 2. The summed E-state index contributed by atoms with van der Waals surface area (Å²) in [7, 11) is 0. The van der Waals surface area contributed by atoms with Crippen LogP contribution in [0.3, 0.4) is 0 Å². The van der Waals surface area contributed by atoms with Crippen molar-refractivity contribution >= 4 is 35.5 Å². The molecule has 0 spiro atoms. The molecule has 48 heavy (non-hydrogen) atoms. The highest BCUT2D eigenvalue weighted by molar-refractivity contribution is 5.95. The number of carbonyl (C=O) groups excluding carboxylic acids is 5. The lowest BCUT2D eigenvalue weighted by Crippen LogP contribution is -2.58. The number of hydrogen-bond acceptors (Lipinski definition) is 9. The Bertz CT molecular complexity index is 1430. The number of guanidine groups is 1. The Hall–Kier alpha value is -5.38. The maximum Gasteiger partial charge on any atom is 0.243 e. The third kappa shape index (κ3) is 12.8. The van der Waals surface area contributed by atoms with Gasteiger partial charge in [-0.15, -0.1) is 0 Å². The summed E-state index contributed by atoms with van der Waals surface area (Å²) in [6.45, 7) is 0.107. The molecule has 0 radical (unpaired) electrons. The van der Waals surface area contributed by atoms with E-state index >= 15 is 0 Å². The van der Waals surface area contributed by atoms with Gasteiger partial charge in [0.2, 0.25) is 29.5 Å². The van der Waals surface area contributed by atoms with Crippen molar-refractivity contribution in [1.82, 2.24) is 26.6 Å². The van der Waals surface area contributed by atoms with Gasteiger partial charge in [0.15, 0.2) is 5.96 Å². The number of amides is 5. The van der Waals surface area contributed by atoms with Gasteiger partial charge in [-0.2, -0.15) is 0 Å². The highest BCUT2D eigenvalue weighted by atomic mass is 16.3. The number of nitrogens with two attached hydrogens (primary N) is 3. The van der Waals surface area contributed by atoms with E-state index < -0.39 is 53.7 Å². The maximum atomic E-state index is 13.7. The predicted molar refractivity (Wildman–Crippen MR) is 177 cm³/mol. The van der Waals surface area contributed by atoms with Crippen LogP contribution in [0.25, 0.3) is 0 Å². The zero-order valence-corrected chi connectivity index (χ0v) is 26.6. The fraction of sp³-hybridized carbons (Fsp3) is 0.438. The minimum Gasteiger partial charge on any atom is -0.508 e. The average Bonchev–Trinajstić information content (AvgIpc) is 3.05. The lowest BCUT2D eigenvalue weighted by Gasteiger charge is -2.26. The van der Waals surface area contributed by atoms with E-state index in [4.69, 9.17) is 17.2 Å². The van der Waals surface area contributed by atoms with Gasteiger partial charge < -0.3 is 54.0 Å². The Kier molecular flexibility index (Phi) is 14.4. The Morgan fingerprint density at radius 3 is 2.12 bits per heavy atom. The molecule has 0 saturated carbocycles. The summed E-state index contributed by atoms with van der Waals surface area (Å²) in [6.07, 6.45) is 1.62. The Labute approximate surface area is 278 Å². The van der Waals surface area contributed by atoms with Crippen LogP contribution in [0, 0.1) is 0 Å². The second-order valence-corrected chi connectivity index (χ2v) is 11.5. The molecule has 260 valence electrons. The van der Waals surface area contributed by atoms with E-state index in [1.165, 1.54) is 24.3 Å². The van der Waals surface area contributed by atoms with Crippen molar-refractivity contribution in [2.75, 3.05) is 19.6 Å². The van der Waals surface area contributed by atoms with Crippen molar-refractivity contribution < 1.29 is 34.2 Å². The number of phenolic OH excluding ortho intramolecular Hbond substituents is 2. The van der Waals surface area contributed by atoms with Crippen molar-refractivity contribution in [2.45, 2.75) is 69.1 Å². The first-order valence-electron chi connectivity index (χ1n) is 15.7. The van der Waals surface area contributed by atoms with Crippen LogP contribution in [0.2, 0.25) is 0 Å². The molecular formula is C32H45N9O7. The quantitative estimate of drug-likeness (QED) is 0.0766. The lowest BCUT2D eigenvalue weighted by molar-refractivity contribution is -0.134. The zero-order valence-electron chi connectivity index (χ0n) is 26.6. The van der Waals surface area contributed by atoms with Gasteiger partial charge in [0.1, 0.15) is 29.6 Å². The van der Waals surface area contributed by atoms with Crippen LogP contribution in [0.1, 0.15) is 43.2 Å². The Morgan fingerprint density at radius 2 is 1.48 bits per heavy atom. The zero-order chi connectivity index (χ0) is 35.1. The van der Waals surface area contributed by atoms with Gasteiger partial charge in [-0.05, 0) is 73.9 Å². The third-order valence-electron chi connectivity index (χ3n) is 7.61. The standard InChI is InChI=1S/C32H45N9O7/c33-23(16-19-6-10-21(42)11-7-19)28(45)39-24-4-1-2-14-36-27(44)18-38-29(46)26(17-20-8-12-22(43)13-9-20)41-31(48)25(40-30(24)47)5-3-15-37-32(34)35/h6-13,23-26,42-43H,1-5,14-18,33H2,(H,36,44)(H,38,46)(H,39,45)(H,40,47)(H,41,48)(H4,34,35,37)/t23-,24+,25-,26-/m0/s1. The van der Waals surface area contributed by atoms with E-state index in [9.17, 15) is 34.2 Å². The summed E-state index contributed by atoms with van der Waals surface area (Å²) in [5, 5.41) is 32.5. The average molecular weight is 668 g/mol. The number of phenols is 2. The summed E-state index contributed by atoms with van der Waals surface area (Å²) < 4.78 is 0. The molecule has 1 aliphatic heterocycles. The van der Waals surface area contributed by atoms with Crippen molar-refractivity contribution in [3.63, 3.8) is 0 Å². The molecule has 13 N–H and O–H groups in total. The highest BCUT2D eigenvalue weighted by Crippen LogP contribution is 2.13. The SMILES string of the molecule is NC(N)=NCCC[C@@H]1NC(=O)[C@H](NC(=O)[C@@H](N)Cc2ccc(O)cc2)CCCCNC(=O)CNC(=O)[C@H](Cc2ccc(O)cc2)NC1=O. The Morgan fingerprint density at radius 1 is 0.854 bits per heavy atom. The molecular weight excluding hydrogens is 622 g/mol. The molecule has 16 heteroatoms. The number of aromatic hydroxyl groups is 2. The van der Waals surface area contributed by atoms with E-state index in [2.05, 4.69) is 31.6 Å². The number of hydrogen-bond donors (Lipinski definition) is 10. The van der Waals surface area contributed by atoms with Crippen LogP contribution in [0.5, 0.6) is 11.5 Å². The molecule has 2 aromatic rings. The minimum atomic E-state index is -1.15. The van der Waals surface area contributed by atoms with Gasteiger partial charge in [0.05, 0.1) is 12.6 Å². The number of aliphatic imine (C=N–C) groups is 1. The minimum absolute atomic E-state index is 0.0196. The fourth-order valence-corrected chi connectivity index (χ4v) is 4.97. The largest absolute Gasteiger partial charge is 0.508 e. The molecule has 4 atom stereocenters. The molecule has 0 aromatic heterocycles. The summed E-state index contributed by atoms with van der Waals surface area (Å²) in [5.41, 5.74) is 18.3. The molecule has 3 rings (SSSR count). The molecule has 0 unspecified atom stereocenters. The van der Waals surface area contributed by atoms with Crippen LogP contribution in [-0.2, 0) is 36.8 Å². The summed E-state index contributed by atoms with van der Waals surface area (Å²) in [6, 6.07) is 7.91. The summed E-state index contributed by atoms with van der Waals surface area (Å²) in [5.74, 6) is -3.03. The van der Waals surface area contributed by atoms with Gasteiger partial charge >= 0.3 is 0 Å². The van der Waals surface area contributed by atoms with E-state index in [1.807, 2.05) is 0 Å². The summed E-state index contributed by atoms with van der Waals surface area (Å²) in [4.78, 5) is 70.0. The van der Waals surface area contributed by atoms with E-state index in [1.54, 1.807) is 24.3 Å². The predicted octanol–water partition coefficient (Wildman–Crippen LogP) is -1.87. The highest BCUT2D eigenvalue weighted by Gasteiger charge is 2.31. The molecule has 1 fully saturated rings. The second kappa shape index (κ2) is 18.7. The van der Waals surface area contributed by atoms with Crippen LogP contribution in [0.15, 0.2) is 53.5 Å². The second-order valence-electron chi connectivity index (χ2n) is 11.5. The van der Waals surface area contributed by atoms with Crippen LogP contribution < -0.4 is 43.8 Å². The smallest absolute Gasteiger partial charge is 0.243 e. The van der Waals surface area contributed by atoms with Crippen LogP contribution >= 0.6 is 0 Å². The molecule has 1 heterocycles. The van der Waals surface area contributed by atoms with E-state index in [0.29, 0.717) is 30.4 Å². The Balaban J connectivity index is 1.84. The van der Waals surface area contributed by atoms with Gasteiger partial charge in [-0.25, -0.2) is 0 Å². The number of carbonyl (C=O) groups is 5. The first-order chi connectivity index (χ1) is 22.9.